The van der Waals surface area contributed by atoms with Gasteiger partial charge in [0.2, 0.25) is 0 Å². The first kappa shape index (κ1) is 21.7. The van der Waals surface area contributed by atoms with Crippen molar-refractivity contribution in [1.29, 1.82) is 0 Å². The molecule has 0 bridgehead atoms. The third-order valence-electron chi connectivity index (χ3n) is 4.05. The molecule has 3 aromatic carbocycles. The van der Waals surface area contributed by atoms with Crippen LogP contribution < -0.4 is 10.6 Å². The standard InChI is InChI=1S/C22H15ClFN3O4/c23-16-6-2-5-15(12-16)21(28)26-20(11-14-4-1-9-19(10-14)27(30)31)22(29)25-18-8-3-7-17(24)13-18/h1-13H,(H,25,29)(H,26,28). The van der Waals surface area contributed by atoms with Gasteiger partial charge in [0.25, 0.3) is 17.5 Å². The highest BCUT2D eigenvalue weighted by molar-refractivity contribution is 6.31. The van der Waals surface area contributed by atoms with Gasteiger partial charge in [0.1, 0.15) is 11.5 Å². The van der Waals surface area contributed by atoms with Crippen molar-refractivity contribution in [2.24, 2.45) is 0 Å². The van der Waals surface area contributed by atoms with E-state index in [4.69, 9.17) is 11.6 Å². The molecule has 0 atom stereocenters. The number of non-ortho nitro benzene ring substituents is 1. The summed E-state index contributed by atoms with van der Waals surface area (Å²) in [6.45, 7) is 0. The Morgan fingerprint density at radius 1 is 1.00 bits per heavy atom. The van der Waals surface area contributed by atoms with Crippen molar-refractivity contribution in [3.8, 4) is 0 Å². The maximum atomic E-state index is 13.4. The Kier molecular flexibility index (Phi) is 6.74. The van der Waals surface area contributed by atoms with E-state index in [1.165, 1.54) is 60.7 Å². The summed E-state index contributed by atoms with van der Waals surface area (Å²) in [4.78, 5) is 35.9. The number of rotatable bonds is 6. The summed E-state index contributed by atoms with van der Waals surface area (Å²) >= 11 is 5.91. The Bertz CT molecular complexity index is 1200. The summed E-state index contributed by atoms with van der Waals surface area (Å²) < 4.78 is 13.4. The monoisotopic (exact) mass is 439 g/mol. The molecule has 9 heteroatoms. The summed E-state index contributed by atoms with van der Waals surface area (Å²) in [5, 5.41) is 16.3. The quantitative estimate of drug-likeness (QED) is 0.327. The van der Waals surface area contributed by atoms with Crippen LogP contribution in [-0.2, 0) is 4.79 Å². The first-order valence-corrected chi connectivity index (χ1v) is 9.29. The first-order chi connectivity index (χ1) is 14.8. The molecule has 156 valence electrons. The van der Waals surface area contributed by atoms with Gasteiger partial charge < -0.3 is 10.6 Å². The number of hydrogen-bond donors (Lipinski definition) is 2. The molecule has 3 rings (SSSR count). The Balaban J connectivity index is 1.94. The van der Waals surface area contributed by atoms with E-state index in [0.29, 0.717) is 10.6 Å². The molecule has 31 heavy (non-hydrogen) atoms. The number of halogens is 2. The maximum absolute atomic E-state index is 13.4. The second-order valence-corrected chi connectivity index (χ2v) is 6.78. The normalized spacial score (nSPS) is 11.0. The molecule has 7 nitrogen and oxygen atoms in total. The van der Waals surface area contributed by atoms with Gasteiger partial charge in [0.05, 0.1) is 4.92 Å². The largest absolute Gasteiger partial charge is 0.321 e. The predicted octanol–water partition coefficient (Wildman–Crippen LogP) is 4.80. The number of nitrogens with one attached hydrogen (secondary N) is 2. The molecule has 0 radical (unpaired) electrons. The van der Waals surface area contributed by atoms with Crippen molar-refractivity contribution >= 4 is 40.9 Å². The Labute approximate surface area is 181 Å². The number of amides is 2. The minimum atomic E-state index is -0.743. The van der Waals surface area contributed by atoms with E-state index in [2.05, 4.69) is 10.6 Å². The minimum absolute atomic E-state index is 0.173. The fourth-order valence-electron chi connectivity index (χ4n) is 2.64. The number of nitrogens with zero attached hydrogens (tertiary/aromatic N) is 1. The molecule has 0 aliphatic heterocycles. The molecule has 0 aliphatic rings. The van der Waals surface area contributed by atoms with Crippen LogP contribution in [0.5, 0.6) is 0 Å². The summed E-state index contributed by atoms with van der Waals surface area (Å²) in [6, 6.07) is 16.9. The lowest BCUT2D eigenvalue weighted by Crippen LogP contribution is -2.30. The van der Waals surface area contributed by atoms with E-state index in [1.807, 2.05) is 0 Å². The van der Waals surface area contributed by atoms with Crippen LogP contribution in [0.1, 0.15) is 15.9 Å². The van der Waals surface area contributed by atoms with E-state index in [-0.39, 0.29) is 22.6 Å². The fourth-order valence-corrected chi connectivity index (χ4v) is 2.83. The van der Waals surface area contributed by atoms with Gasteiger partial charge >= 0.3 is 0 Å². The van der Waals surface area contributed by atoms with Gasteiger partial charge in [-0.2, -0.15) is 0 Å². The van der Waals surface area contributed by atoms with Crippen molar-refractivity contribution in [1.82, 2.24) is 5.32 Å². The van der Waals surface area contributed by atoms with E-state index in [0.717, 1.165) is 6.07 Å². The number of anilines is 1. The van der Waals surface area contributed by atoms with Crippen molar-refractivity contribution in [3.05, 3.63) is 111 Å². The molecule has 0 saturated carbocycles. The summed E-state index contributed by atoms with van der Waals surface area (Å²) in [6.07, 6.45) is 1.28. The van der Waals surface area contributed by atoms with Gasteiger partial charge in [0.15, 0.2) is 0 Å². The molecule has 0 heterocycles. The molecular formula is C22H15ClFN3O4. The average molecular weight is 440 g/mol. The molecule has 3 aromatic rings. The molecule has 2 N–H and O–H groups in total. The van der Waals surface area contributed by atoms with E-state index in [1.54, 1.807) is 12.1 Å². The number of benzene rings is 3. The zero-order valence-electron chi connectivity index (χ0n) is 15.8. The van der Waals surface area contributed by atoms with Gasteiger partial charge in [0, 0.05) is 28.4 Å². The molecule has 0 spiro atoms. The Morgan fingerprint density at radius 3 is 2.45 bits per heavy atom. The van der Waals surface area contributed by atoms with Gasteiger partial charge in [-0.15, -0.1) is 0 Å². The highest BCUT2D eigenvalue weighted by Gasteiger charge is 2.16. The fraction of sp³-hybridized carbons (Fsp3) is 0. The maximum Gasteiger partial charge on any atom is 0.272 e. The van der Waals surface area contributed by atoms with Crippen LogP contribution in [0.3, 0.4) is 0 Å². The summed E-state index contributed by atoms with van der Waals surface area (Å²) in [5.41, 5.74) is 0.308. The number of carbonyl (C=O) groups excluding carboxylic acids is 2. The van der Waals surface area contributed by atoms with Gasteiger partial charge in [-0.1, -0.05) is 35.9 Å². The van der Waals surface area contributed by atoms with Crippen LogP contribution in [-0.4, -0.2) is 16.7 Å². The molecule has 2 amide bonds. The lowest BCUT2D eigenvalue weighted by molar-refractivity contribution is -0.384. The third-order valence-corrected chi connectivity index (χ3v) is 4.29. The highest BCUT2D eigenvalue weighted by atomic mass is 35.5. The molecule has 0 saturated heterocycles. The number of hydrogen-bond acceptors (Lipinski definition) is 4. The molecule has 0 aliphatic carbocycles. The van der Waals surface area contributed by atoms with Crippen molar-refractivity contribution in [2.75, 3.05) is 5.32 Å². The first-order valence-electron chi connectivity index (χ1n) is 8.92. The van der Waals surface area contributed by atoms with E-state index < -0.39 is 22.6 Å². The number of nitro groups is 1. The summed E-state index contributed by atoms with van der Waals surface area (Å²) in [5.74, 6) is -1.91. The van der Waals surface area contributed by atoms with Crippen LogP contribution in [0.25, 0.3) is 6.08 Å². The lowest BCUT2D eigenvalue weighted by Gasteiger charge is -2.11. The molecule has 0 unspecified atom stereocenters. The van der Waals surface area contributed by atoms with Crippen LogP contribution in [0.2, 0.25) is 5.02 Å². The van der Waals surface area contributed by atoms with E-state index >= 15 is 0 Å². The number of carbonyl (C=O) groups is 2. The lowest BCUT2D eigenvalue weighted by atomic mass is 10.1. The minimum Gasteiger partial charge on any atom is -0.321 e. The van der Waals surface area contributed by atoms with Crippen LogP contribution in [0, 0.1) is 15.9 Å². The predicted molar refractivity (Wildman–Crippen MR) is 115 cm³/mol. The topological polar surface area (TPSA) is 101 Å². The zero-order chi connectivity index (χ0) is 22.4. The van der Waals surface area contributed by atoms with Crippen LogP contribution in [0.15, 0.2) is 78.5 Å². The van der Waals surface area contributed by atoms with Crippen molar-refractivity contribution in [3.63, 3.8) is 0 Å². The molecule has 0 aromatic heterocycles. The molecular weight excluding hydrogens is 425 g/mol. The second kappa shape index (κ2) is 9.64. The van der Waals surface area contributed by atoms with Crippen molar-refractivity contribution in [2.45, 2.75) is 0 Å². The Hall–Kier alpha value is -4.04. The zero-order valence-corrected chi connectivity index (χ0v) is 16.6. The second-order valence-electron chi connectivity index (χ2n) is 6.34. The average Bonchev–Trinajstić information content (AvgIpc) is 2.73. The third kappa shape index (κ3) is 5.97. The molecule has 0 fully saturated rings. The van der Waals surface area contributed by atoms with Gasteiger partial charge in [-0.3, -0.25) is 19.7 Å². The highest BCUT2D eigenvalue weighted by Crippen LogP contribution is 2.17. The van der Waals surface area contributed by atoms with Crippen LogP contribution >= 0.6 is 11.6 Å². The SMILES string of the molecule is O=C(Nc1cccc(F)c1)C(=Cc1cccc([N+](=O)[O-])c1)NC(=O)c1cccc(Cl)c1. The van der Waals surface area contributed by atoms with Crippen molar-refractivity contribution < 1.29 is 18.9 Å². The van der Waals surface area contributed by atoms with Crippen LogP contribution in [0.4, 0.5) is 15.8 Å². The smallest absolute Gasteiger partial charge is 0.272 e. The van der Waals surface area contributed by atoms with Gasteiger partial charge in [-0.25, -0.2) is 4.39 Å². The number of nitro benzene ring substituents is 1. The summed E-state index contributed by atoms with van der Waals surface area (Å²) in [7, 11) is 0. The van der Waals surface area contributed by atoms with E-state index in [9.17, 15) is 24.1 Å². The van der Waals surface area contributed by atoms with Gasteiger partial charge in [-0.05, 0) is 48.0 Å². The Morgan fingerprint density at radius 2 is 1.74 bits per heavy atom.